The molecule has 0 N–H and O–H groups in total. The van der Waals surface area contributed by atoms with E-state index in [1.54, 1.807) is 19.2 Å². The average Bonchev–Trinajstić information content (AvgIpc) is 3.01. The van der Waals surface area contributed by atoms with Crippen LogP contribution in [0.5, 0.6) is 11.5 Å². The Bertz CT molecular complexity index is 1620. The van der Waals surface area contributed by atoms with Gasteiger partial charge in [-0.2, -0.15) is 0 Å². The molecule has 3 aromatic rings. The summed E-state index contributed by atoms with van der Waals surface area (Å²) in [6, 6.07) is 20.3. The Hall–Kier alpha value is -3.99. The predicted octanol–water partition coefficient (Wildman–Crippen LogP) is 7.40. The normalized spacial score (nSPS) is 17.1. The number of ether oxygens (including phenoxy) is 2. The van der Waals surface area contributed by atoms with E-state index in [0.717, 1.165) is 68.5 Å². The van der Waals surface area contributed by atoms with Crippen molar-refractivity contribution in [2.45, 2.75) is 57.6 Å². The van der Waals surface area contributed by atoms with Crippen molar-refractivity contribution in [3.8, 4) is 11.5 Å². The largest absolute Gasteiger partial charge is 0.493 e. The van der Waals surface area contributed by atoms with Crippen molar-refractivity contribution in [1.82, 2.24) is 4.90 Å². The van der Waals surface area contributed by atoms with Gasteiger partial charge in [-0.25, -0.2) is 0 Å². The molecule has 0 spiro atoms. The van der Waals surface area contributed by atoms with Gasteiger partial charge in [-0.05, 0) is 89.2 Å². The Morgan fingerprint density at radius 1 is 0.884 bits per heavy atom. The van der Waals surface area contributed by atoms with Gasteiger partial charge in [-0.15, -0.1) is 0 Å². The third-order valence-corrected chi connectivity index (χ3v) is 9.19. The Morgan fingerprint density at radius 3 is 2.09 bits per heavy atom. The molecular weight excluding hydrogens is 659 g/mol. The highest BCUT2D eigenvalue weighted by atomic mass is 127. The number of methoxy groups -OCH3 is 1. The van der Waals surface area contributed by atoms with Crippen molar-refractivity contribution in [3.63, 3.8) is 0 Å². The standard InChI is InChI=1S/C34H31IN2O6/c1-42-30-18-23(17-25(35)34(30)43-20-22-13-15-24(16-14-22)37(40)41)31-32-26(9-5-11-28(32)38)36(19-21-7-3-2-4-8-21)27-10-6-12-29(39)33(27)31/h2-4,7-8,13-18,31H,5-6,9-12,19-20H2,1H3. The first-order chi connectivity index (χ1) is 20.9. The lowest BCUT2D eigenvalue weighted by Crippen LogP contribution is -2.38. The summed E-state index contributed by atoms with van der Waals surface area (Å²) in [4.78, 5) is 40.2. The van der Waals surface area contributed by atoms with Crippen LogP contribution in [0.4, 0.5) is 5.69 Å². The number of benzene rings is 3. The lowest BCUT2D eigenvalue weighted by atomic mass is 9.71. The van der Waals surface area contributed by atoms with Crippen LogP contribution >= 0.6 is 22.6 Å². The van der Waals surface area contributed by atoms with E-state index in [0.29, 0.717) is 30.9 Å². The van der Waals surface area contributed by atoms with Gasteiger partial charge in [0.05, 0.1) is 15.6 Å². The molecule has 1 heterocycles. The second-order valence-corrected chi connectivity index (χ2v) is 12.2. The van der Waals surface area contributed by atoms with Crippen LogP contribution in [0.15, 0.2) is 89.3 Å². The van der Waals surface area contributed by atoms with Gasteiger partial charge < -0.3 is 14.4 Å². The van der Waals surface area contributed by atoms with Crippen molar-refractivity contribution in [2.24, 2.45) is 0 Å². The van der Waals surface area contributed by atoms with Crippen LogP contribution in [-0.2, 0) is 22.7 Å². The van der Waals surface area contributed by atoms with Gasteiger partial charge in [-0.1, -0.05) is 30.3 Å². The number of nitro benzene ring substituents is 1. The van der Waals surface area contributed by atoms with Gasteiger partial charge in [0.2, 0.25) is 0 Å². The number of non-ortho nitro benzene ring substituents is 1. The summed E-state index contributed by atoms with van der Waals surface area (Å²) >= 11 is 2.21. The van der Waals surface area contributed by atoms with E-state index < -0.39 is 10.8 Å². The van der Waals surface area contributed by atoms with Crippen molar-refractivity contribution >= 4 is 39.8 Å². The van der Waals surface area contributed by atoms with Gasteiger partial charge in [0, 0.05) is 60.0 Å². The van der Waals surface area contributed by atoms with Crippen LogP contribution in [0.1, 0.15) is 61.1 Å². The lowest BCUT2D eigenvalue weighted by Gasteiger charge is -2.44. The smallest absolute Gasteiger partial charge is 0.269 e. The molecule has 9 heteroatoms. The minimum Gasteiger partial charge on any atom is -0.493 e. The molecule has 0 atom stereocenters. The number of nitro groups is 1. The zero-order valence-corrected chi connectivity index (χ0v) is 26.0. The topological polar surface area (TPSA) is 99.0 Å². The molecule has 0 radical (unpaired) electrons. The summed E-state index contributed by atoms with van der Waals surface area (Å²) in [6.45, 7) is 0.825. The maximum absolute atomic E-state index is 13.7. The number of ketones is 2. The fraction of sp³-hybridized carbons (Fsp3) is 0.294. The van der Waals surface area contributed by atoms with E-state index in [2.05, 4.69) is 39.6 Å². The van der Waals surface area contributed by atoms with E-state index in [9.17, 15) is 19.7 Å². The van der Waals surface area contributed by atoms with Crippen LogP contribution < -0.4 is 9.47 Å². The zero-order valence-electron chi connectivity index (χ0n) is 23.8. The van der Waals surface area contributed by atoms with E-state index >= 15 is 0 Å². The fourth-order valence-corrected chi connectivity index (χ4v) is 7.20. The minimum atomic E-state index is -0.455. The summed E-state index contributed by atoms with van der Waals surface area (Å²) in [5.74, 6) is 0.790. The number of hydrogen-bond acceptors (Lipinski definition) is 7. The molecule has 6 rings (SSSR count). The number of carbonyl (C=O) groups is 2. The highest BCUT2D eigenvalue weighted by Crippen LogP contribution is 2.51. The van der Waals surface area contributed by atoms with Crippen LogP contribution in [-0.4, -0.2) is 28.5 Å². The number of halogens is 1. The van der Waals surface area contributed by atoms with Crippen LogP contribution in [0.25, 0.3) is 0 Å². The van der Waals surface area contributed by atoms with Gasteiger partial charge in [-0.3, -0.25) is 19.7 Å². The highest BCUT2D eigenvalue weighted by molar-refractivity contribution is 14.1. The summed E-state index contributed by atoms with van der Waals surface area (Å²) in [6.07, 6.45) is 4.11. The molecule has 3 aliphatic rings. The van der Waals surface area contributed by atoms with E-state index in [4.69, 9.17) is 9.47 Å². The Balaban J connectivity index is 1.40. The molecule has 0 bridgehead atoms. The molecule has 0 saturated heterocycles. The summed E-state index contributed by atoms with van der Waals surface area (Å²) in [5, 5.41) is 11.0. The summed E-state index contributed by atoms with van der Waals surface area (Å²) in [5.41, 5.74) is 6.31. The molecule has 1 aliphatic heterocycles. The fourth-order valence-electron chi connectivity index (χ4n) is 6.42. The molecule has 3 aromatic carbocycles. The number of hydrogen-bond donors (Lipinski definition) is 0. The third kappa shape index (κ3) is 5.70. The highest BCUT2D eigenvalue weighted by Gasteiger charge is 2.43. The molecule has 0 saturated carbocycles. The van der Waals surface area contributed by atoms with Gasteiger partial charge >= 0.3 is 0 Å². The lowest BCUT2D eigenvalue weighted by molar-refractivity contribution is -0.384. The van der Waals surface area contributed by atoms with E-state index in [1.165, 1.54) is 12.1 Å². The number of rotatable bonds is 8. The SMILES string of the molecule is COc1cc(C2C3=C(CCCC3=O)N(Cc3ccccc3)C3=C2C(=O)CCC3)cc(I)c1OCc1ccc([N+](=O)[O-])cc1. The number of carbonyl (C=O) groups excluding carboxylic acids is 2. The molecule has 0 unspecified atom stereocenters. The number of Topliss-reactive ketones (excluding diaryl/α,β-unsaturated/α-hetero) is 2. The first-order valence-corrected chi connectivity index (χ1v) is 15.5. The Morgan fingerprint density at radius 2 is 1.51 bits per heavy atom. The van der Waals surface area contributed by atoms with Crippen molar-refractivity contribution in [1.29, 1.82) is 0 Å². The van der Waals surface area contributed by atoms with Gasteiger partial charge in [0.1, 0.15) is 6.61 Å². The van der Waals surface area contributed by atoms with Gasteiger partial charge in [0.25, 0.3) is 5.69 Å². The molecule has 2 aliphatic carbocycles. The van der Waals surface area contributed by atoms with E-state index in [1.807, 2.05) is 30.3 Å². The van der Waals surface area contributed by atoms with Crippen LogP contribution in [0, 0.1) is 13.7 Å². The molecule has 8 nitrogen and oxygen atoms in total. The predicted molar refractivity (Wildman–Crippen MR) is 170 cm³/mol. The Kier molecular flexibility index (Phi) is 8.34. The molecule has 0 aromatic heterocycles. The number of allylic oxidation sites excluding steroid dienone is 4. The first-order valence-electron chi connectivity index (χ1n) is 14.4. The minimum absolute atomic E-state index is 0.0203. The molecule has 220 valence electrons. The van der Waals surface area contributed by atoms with Crippen LogP contribution in [0.2, 0.25) is 0 Å². The zero-order chi connectivity index (χ0) is 30.1. The summed E-state index contributed by atoms with van der Waals surface area (Å²) in [7, 11) is 1.57. The summed E-state index contributed by atoms with van der Waals surface area (Å²) < 4.78 is 12.7. The van der Waals surface area contributed by atoms with Crippen LogP contribution in [0.3, 0.4) is 0 Å². The molecule has 43 heavy (non-hydrogen) atoms. The van der Waals surface area contributed by atoms with Crippen molar-refractivity contribution < 1.29 is 24.0 Å². The second kappa shape index (κ2) is 12.3. The average molecular weight is 691 g/mol. The molecular formula is C34H31IN2O6. The maximum atomic E-state index is 13.7. The monoisotopic (exact) mass is 690 g/mol. The number of nitrogens with zero attached hydrogens (tertiary/aromatic N) is 2. The first kappa shape index (κ1) is 29.1. The van der Waals surface area contributed by atoms with Crippen molar-refractivity contribution in [2.75, 3.05) is 7.11 Å². The van der Waals surface area contributed by atoms with E-state index in [-0.39, 0.29) is 23.9 Å². The quantitative estimate of drug-likeness (QED) is 0.138. The Labute approximate surface area is 263 Å². The third-order valence-electron chi connectivity index (χ3n) is 8.39. The van der Waals surface area contributed by atoms with Gasteiger partial charge in [0.15, 0.2) is 23.1 Å². The maximum Gasteiger partial charge on any atom is 0.269 e. The van der Waals surface area contributed by atoms with Crippen molar-refractivity contribution in [3.05, 3.63) is 120 Å². The molecule has 0 fully saturated rings. The second-order valence-electron chi connectivity index (χ2n) is 11.0. The molecule has 0 amide bonds.